The zero-order valence-electron chi connectivity index (χ0n) is 8.66. The van der Waals surface area contributed by atoms with E-state index in [-0.39, 0.29) is 11.1 Å². The molecular formula is C12H10FNO2. The molecule has 0 aliphatic heterocycles. The number of ether oxygens (including phenoxy) is 1. The lowest BCUT2D eigenvalue weighted by Crippen LogP contribution is -2.05. The van der Waals surface area contributed by atoms with Gasteiger partial charge in [0, 0.05) is 17.5 Å². The van der Waals surface area contributed by atoms with Gasteiger partial charge in [0.15, 0.2) is 0 Å². The summed E-state index contributed by atoms with van der Waals surface area (Å²) < 4.78 is 18.3. The molecule has 16 heavy (non-hydrogen) atoms. The van der Waals surface area contributed by atoms with Crippen molar-refractivity contribution in [2.75, 3.05) is 7.11 Å². The van der Waals surface area contributed by atoms with E-state index < -0.39 is 11.8 Å². The first kappa shape index (κ1) is 10.4. The van der Waals surface area contributed by atoms with E-state index in [1.807, 2.05) is 0 Å². The van der Waals surface area contributed by atoms with Gasteiger partial charge >= 0.3 is 5.97 Å². The number of hydrogen-bond acceptors (Lipinski definition) is 2. The van der Waals surface area contributed by atoms with E-state index in [9.17, 15) is 9.18 Å². The predicted molar refractivity (Wildman–Crippen MR) is 57.5 cm³/mol. The van der Waals surface area contributed by atoms with E-state index in [2.05, 4.69) is 9.72 Å². The third kappa shape index (κ3) is 1.69. The number of rotatable bonds is 2. The summed E-state index contributed by atoms with van der Waals surface area (Å²) in [6.45, 7) is 0. The third-order valence-corrected chi connectivity index (χ3v) is 2.29. The number of methoxy groups -OCH3 is 1. The van der Waals surface area contributed by atoms with E-state index in [1.54, 1.807) is 18.3 Å². The van der Waals surface area contributed by atoms with Gasteiger partial charge in [-0.25, -0.2) is 9.18 Å². The zero-order valence-corrected chi connectivity index (χ0v) is 8.66. The lowest BCUT2D eigenvalue weighted by molar-refractivity contribution is 0.0601. The molecule has 0 saturated heterocycles. The van der Waals surface area contributed by atoms with Crippen molar-refractivity contribution in [2.24, 2.45) is 0 Å². The molecule has 0 unspecified atom stereocenters. The van der Waals surface area contributed by atoms with Crippen LogP contribution < -0.4 is 0 Å². The van der Waals surface area contributed by atoms with Gasteiger partial charge in [0.05, 0.1) is 12.7 Å². The Hall–Kier alpha value is -2.10. The highest BCUT2D eigenvalue weighted by atomic mass is 19.1. The number of carbonyl (C=O) groups is 1. The molecule has 2 aromatic rings. The standard InChI is InChI=1S/C12H10FNO2/c1-16-12(15)8-4-2-5-9(13)11(8)10-6-3-7-14-10/h2-7,14H,1H3. The molecule has 2 rings (SSSR count). The summed E-state index contributed by atoms with van der Waals surface area (Å²) in [6, 6.07) is 7.76. The third-order valence-electron chi connectivity index (χ3n) is 2.29. The molecular weight excluding hydrogens is 209 g/mol. The second kappa shape index (κ2) is 4.18. The van der Waals surface area contributed by atoms with Crippen LogP contribution in [-0.4, -0.2) is 18.1 Å². The second-order valence-electron chi connectivity index (χ2n) is 3.24. The number of benzene rings is 1. The smallest absolute Gasteiger partial charge is 0.338 e. The van der Waals surface area contributed by atoms with E-state index in [0.717, 1.165) is 0 Å². The highest BCUT2D eigenvalue weighted by Gasteiger charge is 2.17. The lowest BCUT2D eigenvalue weighted by Gasteiger charge is -2.07. The molecule has 0 atom stereocenters. The summed E-state index contributed by atoms with van der Waals surface area (Å²) in [6.07, 6.45) is 1.67. The largest absolute Gasteiger partial charge is 0.465 e. The first-order chi connectivity index (χ1) is 7.74. The van der Waals surface area contributed by atoms with E-state index in [0.29, 0.717) is 5.69 Å². The molecule has 0 aliphatic rings. The Morgan fingerprint density at radius 3 is 2.75 bits per heavy atom. The number of hydrogen-bond donors (Lipinski definition) is 1. The van der Waals surface area contributed by atoms with Crippen LogP contribution in [0.5, 0.6) is 0 Å². The maximum absolute atomic E-state index is 13.7. The van der Waals surface area contributed by atoms with E-state index in [4.69, 9.17) is 0 Å². The fourth-order valence-electron chi connectivity index (χ4n) is 1.56. The van der Waals surface area contributed by atoms with Gasteiger partial charge in [-0.3, -0.25) is 0 Å². The highest BCUT2D eigenvalue weighted by Crippen LogP contribution is 2.25. The monoisotopic (exact) mass is 219 g/mol. The van der Waals surface area contributed by atoms with Gasteiger partial charge in [0.1, 0.15) is 5.82 Å². The van der Waals surface area contributed by atoms with Crippen molar-refractivity contribution >= 4 is 5.97 Å². The first-order valence-electron chi connectivity index (χ1n) is 4.74. The van der Waals surface area contributed by atoms with Crippen LogP contribution in [0, 0.1) is 5.82 Å². The van der Waals surface area contributed by atoms with Crippen LogP contribution in [0.3, 0.4) is 0 Å². The van der Waals surface area contributed by atoms with Crippen molar-refractivity contribution in [2.45, 2.75) is 0 Å². The molecule has 1 aromatic heterocycles. The highest BCUT2D eigenvalue weighted by molar-refractivity contribution is 5.96. The minimum Gasteiger partial charge on any atom is -0.465 e. The normalized spacial score (nSPS) is 10.1. The van der Waals surface area contributed by atoms with Crippen LogP contribution in [0.4, 0.5) is 4.39 Å². The molecule has 0 fully saturated rings. The Kier molecular flexibility index (Phi) is 2.72. The summed E-state index contributed by atoms with van der Waals surface area (Å²) >= 11 is 0. The topological polar surface area (TPSA) is 42.1 Å². The maximum Gasteiger partial charge on any atom is 0.338 e. The Bertz CT molecular complexity index is 506. The quantitative estimate of drug-likeness (QED) is 0.789. The molecule has 0 spiro atoms. The van der Waals surface area contributed by atoms with E-state index in [1.165, 1.54) is 25.3 Å². The maximum atomic E-state index is 13.7. The minimum absolute atomic E-state index is 0.213. The van der Waals surface area contributed by atoms with Crippen LogP contribution in [0.2, 0.25) is 0 Å². The average molecular weight is 219 g/mol. The molecule has 1 N–H and O–H groups in total. The fraction of sp³-hybridized carbons (Fsp3) is 0.0833. The summed E-state index contributed by atoms with van der Waals surface area (Å²) in [5.74, 6) is -1.01. The molecule has 4 heteroatoms. The first-order valence-corrected chi connectivity index (χ1v) is 4.74. The van der Waals surface area contributed by atoms with Crippen LogP contribution in [-0.2, 0) is 4.74 Å². The SMILES string of the molecule is COC(=O)c1cccc(F)c1-c1ccc[nH]1. The summed E-state index contributed by atoms with van der Waals surface area (Å²) in [5.41, 5.74) is 1.00. The van der Waals surface area contributed by atoms with Gasteiger partial charge < -0.3 is 9.72 Å². The number of H-pyrrole nitrogens is 1. The number of esters is 1. The van der Waals surface area contributed by atoms with Crippen LogP contribution in [0.15, 0.2) is 36.5 Å². The van der Waals surface area contributed by atoms with Crippen LogP contribution in [0.1, 0.15) is 10.4 Å². The summed E-state index contributed by atoms with van der Waals surface area (Å²) in [5, 5.41) is 0. The fourth-order valence-corrected chi connectivity index (χ4v) is 1.56. The predicted octanol–water partition coefficient (Wildman–Crippen LogP) is 2.61. The number of aromatic amines is 1. The van der Waals surface area contributed by atoms with Crippen molar-refractivity contribution in [1.82, 2.24) is 4.98 Å². The van der Waals surface area contributed by atoms with Crippen molar-refractivity contribution in [3.8, 4) is 11.3 Å². The van der Waals surface area contributed by atoms with Crippen molar-refractivity contribution < 1.29 is 13.9 Å². The van der Waals surface area contributed by atoms with Gasteiger partial charge in [-0.1, -0.05) is 6.07 Å². The minimum atomic E-state index is -0.552. The Balaban J connectivity index is 2.62. The molecule has 0 amide bonds. The molecule has 0 radical (unpaired) electrons. The molecule has 82 valence electrons. The average Bonchev–Trinajstić information content (AvgIpc) is 2.81. The number of nitrogens with one attached hydrogen (secondary N) is 1. The van der Waals surface area contributed by atoms with Crippen molar-refractivity contribution in [1.29, 1.82) is 0 Å². The molecule has 0 saturated carbocycles. The molecule has 0 aliphatic carbocycles. The van der Waals surface area contributed by atoms with Crippen molar-refractivity contribution in [3.63, 3.8) is 0 Å². The summed E-state index contributed by atoms with van der Waals surface area (Å²) in [7, 11) is 1.27. The van der Waals surface area contributed by atoms with Gasteiger partial charge in [0.25, 0.3) is 0 Å². The Morgan fingerprint density at radius 1 is 1.31 bits per heavy atom. The Labute approximate surface area is 91.9 Å². The van der Waals surface area contributed by atoms with Crippen LogP contribution >= 0.6 is 0 Å². The zero-order chi connectivity index (χ0) is 11.5. The number of aromatic nitrogens is 1. The molecule has 3 nitrogen and oxygen atoms in total. The number of carbonyl (C=O) groups excluding carboxylic acids is 1. The van der Waals surface area contributed by atoms with Gasteiger partial charge in [-0.2, -0.15) is 0 Å². The molecule has 1 heterocycles. The van der Waals surface area contributed by atoms with Gasteiger partial charge in [-0.15, -0.1) is 0 Å². The molecule has 0 bridgehead atoms. The Morgan fingerprint density at radius 2 is 2.12 bits per heavy atom. The van der Waals surface area contributed by atoms with Crippen molar-refractivity contribution in [3.05, 3.63) is 47.9 Å². The number of halogens is 1. The van der Waals surface area contributed by atoms with E-state index >= 15 is 0 Å². The van der Waals surface area contributed by atoms with Gasteiger partial charge in [-0.05, 0) is 24.3 Å². The lowest BCUT2D eigenvalue weighted by atomic mass is 10.0. The van der Waals surface area contributed by atoms with Crippen LogP contribution in [0.25, 0.3) is 11.3 Å². The summed E-state index contributed by atoms with van der Waals surface area (Å²) in [4.78, 5) is 14.3. The molecule has 1 aromatic carbocycles. The second-order valence-corrected chi connectivity index (χ2v) is 3.24. The van der Waals surface area contributed by atoms with Gasteiger partial charge in [0.2, 0.25) is 0 Å².